The van der Waals surface area contributed by atoms with E-state index in [1.165, 1.54) is 22.3 Å². The fourth-order valence-corrected chi connectivity index (χ4v) is 2.84. The molecule has 0 atom stereocenters. The zero-order valence-electron chi connectivity index (χ0n) is 9.48. The van der Waals surface area contributed by atoms with E-state index in [4.69, 9.17) is 0 Å². The van der Waals surface area contributed by atoms with Gasteiger partial charge in [0.15, 0.2) is 0 Å². The Kier molecular flexibility index (Phi) is 10.9. The zero-order chi connectivity index (χ0) is 10.4. The first-order chi connectivity index (χ1) is 7.24. The summed E-state index contributed by atoms with van der Waals surface area (Å²) in [5.74, 6) is 0. The smallest absolute Gasteiger partial charge is 1.00 e. The van der Waals surface area contributed by atoms with Crippen molar-refractivity contribution in [3.05, 3.63) is 56.5 Å². The summed E-state index contributed by atoms with van der Waals surface area (Å²) in [6, 6.07) is 14.0. The van der Waals surface area contributed by atoms with E-state index in [2.05, 4.69) is 68.3 Å². The largest absolute Gasteiger partial charge is 4.00 e. The molecule has 0 nitrogen and oxygen atoms in total. The summed E-state index contributed by atoms with van der Waals surface area (Å²) < 4.78 is 2.18. The summed E-state index contributed by atoms with van der Waals surface area (Å²) in [5, 5.41) is 0. The Bertz CT molecular complexity index is 512. The van der Waals surface area contributed by atoms with E-state index in [1.54, 1.807) is 0 Å². The minimum Gasteiger partial charge on any atom is -1.00 e. The number of hydrogen-bond acceptors (Lipinski definition) is 0. The minimum absolute atomic E-state index is 0. The van der Waals surface area contributed by atoms with Crippen LogP contribution in [0.15, 0.2) is 39.3 Å². The Morgan fingerprint density at radius 1 is 0.895 bits per heavy atom. The summed E-state index contributed by atoms with van der Waals surface area (Å²) in [5.41, 5.74) is 5.34. The van der Waals surface area contributed by atoms with Crippen LogP contribution in [0.25, 0.3) is 11.1 Å². The third-order valence-electron chi connectivity index (χ3n) is 2.72. The van der Waals surface area contributed by atoms with Crippen LogP contribution in [0.2, 0.25) is 0 Å². The molecule has 0 saturated carbocycles. The van der Waals surface area contributed by atoms with Crippen molar-refractivity contribution < 1.29 is 63.4 Å². The Balaban J connectivity index is 0. The van der Waals surface area contributed by atoms with E-state index in [-0.39, 0.29) is 63.4 Å². The van der Waals surface area contributed by atoms with Gasteiger partial charge in [0.25, 0.3) is 0 Å². The Hall–Kier alpha value is 1.15. The van der Waals surface area contributed by atoms with Crippen LogP contribution in [-0.2, 0) is 32.6 Å². The second kappa shape index (κ2) is 9.23. The third-order valence-corrected chi connectivity index (χ3v) is 3.67. The van der Waals surface area contributed by atoms with Crippen molar-refractivity contribution >= 4 is 31.9 Å². The summed E-state index contributed by atoms with van der Waals surface area (Å²) in [6.45, 7) is 0. The fraction of sp³-hybridized carbons (Fsp3) is 0.0769. The molecule has 0 N–H and O–H groups in total. The quantitative estimate of drug-likeness (QED) is 0.263. The summed E-state index contributed by atoms with van der Waals surface area (Å²) in [7, 11) is 0. The Morgan fingerprint density at radius 2 is 1.53 bits per heavy atom. The normalized spacial score (nSPS) is 9.79. The maximum absolute atomic E-state index is 3.50. The number of benzene rings is 2. The van der Waals surface area contributed by atoms with Gasteiger partial charge in [0.05, 0.1) is 0 Å². The number of fused-ring (bicyclic) bond motifs is 3. The van der Waals surface area contributed by atoms with Gasteiger partial charge in [-0.25, -0.2) is 0 Å². The number of halogens is 5. The van der Waals surface area contributed by atoms with Gasteiger partial charge in [0, 0.05) is 4.47 Å². The van der Waals surface area contributed by atoms with Gasteiger partial charge in [0.1, 0.15) is 0 Å². The topological polar surface area (TPSA) is 0 Å². The third kappa shape index (κ3) is 4.56. The summed E-state index contributed by atoms with van der Waals surface area (Å²) >= 11 is 6.96. The molecule has 1 aliphatic carbocycles. The first-order valence-electron chi connectivity index (χ1n) is 4.73. The SMILES string of the molecule is Brc1[c-]c2c(cc1)-c1ccc(Br)cc1C2.[Cl-].[Cl-].[Cl-].[Zr+4]. The molecular formula is C13H7Br2Cl3Zr. The van der Waals surface area contributed by atoms with Gasteiger partial charge in [-0.05, 0) is 24.1 Å². The molecule has 19 heavy (non-hydrogen) atoms. The Morgan fingerprint density at radius 3 is 2.21 bits per heavy atom. The van der Waals surface area contributed by atoms with E-state index in [0.717, 1.165) is 15.4 Å². The van der Waals surface area contributed by atoms with Gasteiger partial charge in [-0.1, -0.05) is 48.0 Å². The second-order valence-corrected chi connectivity index (χ2v) is 5.45. The maximum atomic E-state index is 3.50. The van der Waals surface area contributed by atoms with Crippen LogP contribution in [0.1, 0.15) is 11.1 Å². The van der Waals surface area contributed by atoms with E-state index in [1.807, 2.05) is 0 Å². The Labute approximate surface area is 167 Å². The summed E-state index contributed by atoms with van der Waals surface area (Å²) in [6.07, 6.45) is 0.990. The van der Waals surface area contributed by atoms with Crippen LogP contribution in [0.5, 0.6) is 0 Å². The molecule has 3 rings (SSSR count). The molecule has 0 heterocycles. The predicted molar refractivity (Wildman–Crippen MR) is 68.9 cm³/mol. The van der Waals surface area contributed by atoms with Gasteiger partial charge in [0.2, 0.25) is 0 Å². The average Bonchev–Trinajstić information content (AvgIpc) is 2.53. The first-order valence-corrected chi connectivity index (χ1v) is 6.32. The molecular weight excluding hydrogens is 514 g/mol. The first kappa shape index (κ1) is 22.4. The molecule has 2 aromatic rings. The molecule has 0 unspecified atom stereocenters. The van der Waals surface area contributed by atoms with Crippen LogP contribution in [0.4, 0.5) is 0 Å². The molecule has 0 spiro atoms. The maximum Gasteiger partial charge on any atom is 4.00 e. The zero-order valence-corrected chi connectivity index (χ0v) is 17.4. The van der Waals surface area contributed by atoms with Crippen LogP contribution >= 0.6 is 31.9 Å². The number of hydrogen-bond donors (Lipinski definition) is 0. The van der Waals surface area contributed by atoms with Crippen molar-refractivity contribution in [3.63, 3.8) is 0 Å². The second-order valence-electron chi connectivity index (χ2n) is 3.68. The van der Waals surface area contributed by atoms with Gasteiger partial charge in [-0.2, -0.15) is 18.2 Å². The van der Waals surface area contributed by atoms with E-state index in [9.17, 15) is 0 Å². The number of rotatable bonds is 0. The van der Waals surface area contributed by atoms with Crippen molar-refractivity contribution in [2.75, 3.05) is 0 Å². The van der Waals surface area contributed by atoms with Crippen molar-refractivity contribution in [2.45, 2.75) is 6.42 Å². The molecule has 1 aliphatic rings. The molecule has 0 bridgehead atoms. The van der Waals surface area contributed by atoms with E-state index < -0.39 is 0 Å². The van der Waals surface area contributed by atoms with E-state index >= 15 is 0 Å². The van der Waals surface area contributed by atoms with Crippen LogP contribution in [0, 0.1) is 6.07 Å². The van der Waals surface area contributed by atoms with Crippen molar-refractivity contribution in [1.29, 1.82) is 0 Å². The average molecular weight is 521 g/mol. The summed E-state index contributed by atoms with van der Waals surface area (Å²) in [4.78, 5) is 0. The van der Waals surface area contributed by atoms with E-state index in [0.29, 0.717) is 0 Å². The molecule has 0 aromatic heterocycles. The van der Waals surface area contributed by atoms with Gasteiger partial charge < -0.3 is 37.2 Å². The molecule has 0 saturated heterocycles. The minimum atomic E-state index is 0. The monoisotopic (exact) mass is 516 g/mol. The molecule has 98 valence electrons. The van der Waals surface area contributed by atoms with Gasteiger partial charge >= 0.3 is 26.2 Å². The van der Waals surface area contributed by atoms with Gasteiger partial charge in [-0.15, -0.1) is 11.1 Å². The standard InChI is InChI=1S/C13H7Br2.3ClH.Zr/c14-10-1-3-12-8(6-10)5-9-7-11(15)2-4-13(9)12;;;;/h1-4,6H,5H2;3*1H;/q-1;;;;+4/p-3. The van der Waals surface area contributed by atoms with Gasteiger partial charge in [-0.3, -0.25) is 0 Å². The molecule has 0 radical (unpaired) electrons. The van der Waals surface area contributed by atoms with Crippen LogP contribution < -0.4 is 37.2 Å². The fourth-order valence-electron chi connectivity index (χ4n) is 2.06. The molecule has 6 heteroatoms. The predicted octanol–water partition coefficient (Wildman–Crippen LogP) is -4.41. The van der Waals surface area contributed by atoms with Crippen molar-refractivity contribution in [1.82, 2.24) is 0 Å². The van der Waals surface area contributed by atoms with Crippen LogP contribution in [-0.4, -0.2) is 0 Å². The van der Waals surface area contributed by atoms with Crippen molar-refractivity contribution in [2.24, 2.45) is 0 Å². The molecule has 0 fully saturated rings. The van der Waals surface area contributed by atoms with Crippen molar-refractivity contribution in [3.8, 4) is 11.1 Å². The molecule has 0 amide bonds. The van der Waals surface area contributed by atoms with Crippen LogP contribution in [0.3, 0.4) is 0 Å². The molecule has 2 aromatic carbocycles. The molecule has 0 aliphatic heterocycles.